The van der Waals surface area contributed by atoms with E-state index in [-0.39, 0.29) is 5.56 Å². The summed E-state index contributed by atoms with van der Waals surface area (Å²) in [6.45, 7) is 2.71. The smallest absolute Gasteiger partial charge is 0.335 e. The van der Waals surface area contributed by atoms with E-state index < -0.39 is 5.97 Å². The number of nitrogens with two attached hydrogens (primary N) is 1. The third-order valence-electron chi connectivity index (χ3n) is 2.95. The Bertz CT molecular complexity index is 582. The molecule has 0 saturated heterocycles. The number of carbonyl (C=O) groups is 1. The predicted molar refractivity (Wildman–Crippen MR) is 76.9 cm³/mol. The van der Waals surface area contributed by atoms with E-state index in [1.54, 1.807) is 12.1 Å². The second kappa shape index (κ2) is 5.44. The Morgan fingerprint density at radius 2 is 1.89 bits per heavy atom. The van der Waals surface area contributed by atoms with Crippen LogP contribution in [0.4, 0.5) is 17.1 Å². The Hall–Kier alpha value is -2.49. The highest BCUT2D eigenvalue weighted by atomic mass is 16.4. The number of carboxylic acid groups (broad SMARTS) is 1. The molecule has 0 aliphatic carbocycles. The van der Waals surface area contributed by atoms with Crippen molar-refractivity contribution in [2.24, 2.45) is 0 Å². The fraction of sp³-hybridized carbons (Fsp3) is 0.133. The quantitative estimate of drug-likeness (QED) is 0.825. The summed E-state index contributed by atoms with van der Waals surface area (Å²) in [5.41, 5.74) is 8.47. The highest BCUT2D eigenvalue weighted by Gasteiger charge is 2.13. The summed E-state index contributed by atoms with van der Waals surface area (Å²) in [7, 11) is 0. The number of nitrogen functional groups attached to an aromatic ring is 1. The average Bonchev–Trinajstić information content (AvgIpc) is 2.42. The van der Waals surface area contributed by atoms with Crippen LogP contribution in [0.25, 0.3) is 0 Å². The van der Waals surface area contributed by atoms with Gasteiger partial charge in [-0.2, -0.15) is 0 Å². The van der Waals surface area contributed by atoms with E-state index in [0.717, 1.165) is 5.69 Å². The first-order valence-electron chi connectivity index (χ1n) is 6.09. The van der Waals surface area contributed by atoms with Crippen LogP contribution in [-0.2, 0) is 0 Å². The second-order valence-corrected chi connectivity index (χ2v) is 4.16. The summed E-state index contributed by atoms with van der Waals surface area (Å²) in [5.74, 6) is -0.953. The van der Waals surface area contributed by atoms with Gasteiger partial charge in [0.2, 0.25) is 0 Å². The van der Waals surface area contributed by atoms with Gasteiger partial charge in [-0.3, -0.25) is 0 Å². The van der Waals surface area contributed by atoms with E-state index in [4.69, 9.17) is 10.8 Å². The van der Waals surface area contributed by atoms with Crippen LogP contribution in [0.2, 0.25) is 0 Å². The van der Waals surface area contributed by atoms with Gasteiger partial charge < -0.3 is 15.7 Å². The fourth-order valence-electron chi connectivity index (χ4n) is 2.01. The topological polar surface area (TPSA) is 66.6 Å². The predicted octanol–water partition coefficient (Wildman–Crippen LogP) is 3.12. The summed E-state index contributed by atoms with van der Waals surface area (Å²) < 4.78 is 0. The van der Waals surface area contributed by atoms with E-state index in [1.807, 2.05) is 42.2 Å². The summed E-state index contributed by atoms with van der Waals surface area (Å²) in [4.78, 5) is 13.0. The first-order chi connectivity index (χ1) is 9.13. The number of hydrogen-bond donors (Lipinski definition) is 2. The van der Waals surface area contributed by atoms with Crippen LogP contribution in [0.3, 0.4) is 0 Å². The molecule has 4 nitrogen and oxygen atoms in total. The van der Waals surface area contributed by atoms with E-state index in [9.17, 15) is 4.79 Å². The van der Waals surface area contributed by atoms with Crippen LogP contribution in [0.15, 0.2) is 48.5 Å². The van der Waals surface area contributed by atoms with Crippen molar-refractivity contribution >= 4 is 23.0 Å². The van der Waals surface area contributed by atoms with Crippen molar-refractivity contribution in [3.05, 3.63) is 54.1 Å². The molecule has 2 aromatic rings. The van der Waals surface area contributed by atoms with Gasteiger partial charge in [0.05, 0.1) is 16.9 Å². The Balaban J connectivity index is 2.49. The van der Waals surface area contributed by atoms with Crippen molar-refractivity contribution in [2.45, 2.75) is 6.92 Å². The normalized spacial score (nSPS) is 10.2. The van der Waals surface area contributed by atoms with Gasteiger partial charge in [0.25, 0.3) is 0 Å². The minimum Gasteiger partial charge on any atom is -0.478 e. The lowest BCUT2D eigenvalue weighted by atomic mass is 10.1. The number of rotatable bonds is 4. The molecule has 0 aliphatic rings. The molecule has 0 fully saturated rings. The fourth-order valence-corrected chi connectivity index (χ4v) is 2.01. The summed E-state index contributed by atoms with van der Waals surface area (Å²) in [6.07, 6.45) is 0. The largest absolute Gasteiger partial charge is 0.478 e. The van der Waals surface area contributed by atoms with Crippen LogP contribution < -0.4 is 10.6 Å². The highest BCUT2D eigenvalue weighted by Crippen LogP contribution is 2.30. The maximum absolute atomic E-state index is 11.1. The molecular formula is C15H16N2O2. The molecule has 2 aromatic carbocycles. The van der Waals surface area contributed by atoms with Gasteiger partial charge in [0.1, 0.15) is 0 Å². The van der Waals surface area contributed by atoms with E-state index in [1.165, 1.54) is 6.07 Å². The Labute approximate surface area is 112 Å². The van der Waals surface area contributed by atoms with Crippen LogP contribution in [0, 0.1) is 0 Å². The summed E-state index contributed by atoms with van der Waals surface area (Å²) >= 11 is 0. The molecule has 0 saturated carbocycles. The van der Waals surface area contributed by atoms with Gasteiger partial charge in [0, 0.05) is 12.2 Å². The van der Waals surface area contributed by atoms with Gasteiger partial charge in [-0.15, -0.1) is 0 Å². The molecule has 98 valence electrons. The van der Waals surface area contributed by atoms with Gasteiger partial charge in [0.15, 0.2) is 0 Å². The summed E-state index contributed by atoms with van der Waals surface area (Å²) in [6, 6.07) is 14.5. The molecular weight excluding hydrogens is 240 g/mol. The van der Waals surface area contributed by atoms with E-state index in [0.29, 0.717) is 17.9 Å². The first kappa shape index (κ1) is 13.0. The monoisotopic (exact) mass is 256 g/mol. The SMILES string of the molecule is CCN(c1ccccc1)c1cc(C(=O)O)ccc1N. The number of para-hydroxylation sites is 1. The third-order valence-corrected chi connectivity index (χ3v) is 2.95. The molecule has 19 heavy (non-hydrogen) atoms. The van der Waals surface area contributed by atoms with Crippen molar-refractivity contribution in [3.63, 3.8) is 0 Å². The number of aromatic carboxylic acids is 1. The molecule has 0 heterocycles. The van der Waals surface area contributed by atoms with Gasteiger partial charge in [-0.1, -0.05) is 18.2 Å². The Kier molecular flexibility index (Phi) is 3.71. The standard InChI is InChI=1S/C15H16N2O2/c1-2-17(12-6-4-3-5-7-12)14-10-11(15(18)19)8-9-13(14)16/h3-10H,2,16H2,1H3,(H,18,19). The Morgan fingerprint density at radius 3 is 2.47 bits per heavy atom. The number of anilines is 3. The number of hydrogen-bond acceptors (Lipinski definition) is 3. The van der Waals surface area contributed by atoms with Crippen LogP contribution in [-0.4, -0.2) is 17.6 Å². The molecule has 3 N–H and O–H groups in total. The van der Waals surface area contributed by atoms with E-state index in [2.05, 4.69) is 0 Å². The zero-order chi connectivity index (χ0) is 13.8. The van der Waals surface area contributed by atoms with Crippen molar-refractivity contribution in [1.29, 1.82) is 0 Å². The molecule has 0 aliphatic heterocycles. The van der Waals surface area contributed by atoms with Crippen molar-refractivity contribution < 1.29 is 9.90 Å². The van der Waals surface area contributed by atoms with Crippen molar-refractivity contribution in [1.82, 2.24) is 0 Å². The first-order valence-corrected chi connectivity index (χ1v) is 6.09. The maximum Gasteiger partial charge on any atom is 0.335 e. The molecule has 0 radical (unpaired) electrons. The molecule has 0 spiro atoms. The van der Waals surface area contributed by atoms with Gasteiger partial charge in [-0.05, 0) is 37.3 Å². The second-order valence-electron chi connectivity index (χ2n) is 4.16. The van der Waals surface area contributed by atoms with Crippen LogP contribution in [0.5, 0.6) is 0 Å². The minimum atomic E-state index is -0.953. The van der Waals surface area contributed by atoms with Crippen molar-refractivity contribution in [2.75, 3.05) is 17.2 Å². The van der Waals surface area contributed by atoms with Crippen molar-refractivity contribution in [3.8, 4) is 0 Å². The molecule has 0 atom stereocenters. The lowest BCUT2D eigenvalue weighted by molar-refractivity contribution is 0.0697. The minimum absolute atomic E-state index is 0.235. The number of carboxylic acids is 1. The Morgan fingerprint density at radius 1 is 1.21 bits per heavy atom. The van der Waals surface area contributed by atoms with Crippen LogP contribution in [0.1, 0.15) is 17.3 Å². The third kappa shape index (κ3) is 2.68. The molecule has 2 rings (SSSR count). The molecule has 4 heteroatoms. The van der Waals surface area contributed by atoms with Gasteiger partial charge >= 0.3 is 5.97 Å². The maximum atomic E-state index is 11.1. The van der Waals surface area contributed by atoms with E-state index >= 15 is 0 Å². The highest BCUT2D eigenvalue weighted by molar-refractivity contribution is 5.91. The summed E-state index contributed by atoms with van der Waals surface area (Å²) in [5, 5.41) is 9.07. The lowest BCUT2D eigenvalue weighted by Crippen LogP contribution is -2.18. The zero-order valence-corrected chi connectivity index (χ0v) is 10.7. The number of benzene rings is 2. The molecule has 0 aromatic heterocycles. The lowest BCUT2D eigenvalue weighted by Gasteiger charge is -2.25. The number of nitrogens with zero attached hydrogens (tertiary/aromatic N) is 1. The van der Waals surface area contributed by atoms with Crippen LogP contribution >= 0.6 is 0 Å². The van der Waals surface area contributed by atoms with Gasteiger partial charge in [-0.25, -0.2) is 4.79 Å². The molecule has 0 unspecified atom stereocenters. The zero-order valence-electron chi connectivity index (χ0n) is 10.7. The average molecular weight is 256 g/mol. The molecule has 0 bridgehead atoms. The molecule has 0 amide bonds.